The van der Waals surface area contributed by atoms with Crippen LogP contribution in [0.4, 0.5) is 8.78 Å². The fourth-order valence-electron chi connectivity index (χ4n) is 2.24. The van der Waals surface area contributed by atoms with E-state index in [1.54, 1.807) is 0 Å². The van der Waals surface area contributed by atoms with Crippen LogP contribution >= 0.6 is 11.6 Å². The second-order valence-corrected chi connectivity index (χ2v) is 5.20. The minimum absolute atomic E-state index is 0.150. The zero-order chi connectivity index (χ0) is 13.1. The quantitative estimate of drug-likeness (QED) is 0.843. The van der Waals surface area contributed by atoms with Gasteiger partial charge in [0.15, 0.2) is 0 Å². The third kappa shape index (κ3) is 2.99. The van der Waals surface area contributed by atoms with Gasteiger partial charge in [0, 0.05) is 11.9 Å². The van der Waals surface area contributed by atoms with Gasteiger partial charge in [-0.1, -0.05) is 6.07 Å². The first-order chi connectivity index (χ1) is 8.58. The first-order valence-corrected chi connectivity index (χ1v) is 6.38. The van der Waals surface area contributed by atoms with Crippen molar-refractivity contribution in [1.82, 2.24) is 5.32 Å². The van der Waals surface area contributed by atoms with Crippen molar-refractivity contribution in [2.24, 2.45) is 5.92 Å². The molecule has 0 aliphatic heterocycles. The summed E-state index contributed by atoms with van der Waals surface area (Å²) in [6.45, 7) is 0.413. The summed E-state index contributed by atoms with van der Waals surface area (Å²) in [5, 5.41) is 2.72. The smallest absolute Gasteiger partial charge is 0.257 e. The molecular formula is C13H14ClF2NO. The van der Waals surface area contributed by atoms with Gasteiger partial charge in [0.05, 0.1) is 0 Å². The monoisotopic (exact) mass is 273 g/mol. The molecule has 0 aromatic heterocycles. The molecule has 1 aromatic rings. The van der Waals surface area contributed by atoms with Crippen molar-refractivity contribution in [3.05, 3.63) is 35.4 Å². The zero-order valence-electron chi connectivity index (χ0n) is 9.76. The van der Waals surface area contributed by atoms with Gasteiger partial charge < -0.3 is 5.32 Å². The molecular weight excluding hydrogens is 260 g/mol. The maximum absolute atomic E-state index is 13.3. The fourth-order valence-corrected chi connectivity index (χ4v) is 2.62. The number of alkyl halides is 1. The molecule has 0 radical (unpaired) electrons. The third-order valence-electron chi connectivity index (χ3n) is 3.22. The second-order valence-electron chi connectivity index (χ2n) is 4.58. The maximum atomic E-state index is 13.3. The summed E-state index contributed by atoms with van der Waals surface area (Å²) in [7, 11) is 0. The lowest BCUT2D eigenvalue weighted by atomic mass is 10.1. The molecule has 2 atom stereocenters. The van der Waals surface area contributed by atoms with E-state index in [9.17, 15) is 13.6 Å². The van der Waals surface area contributed by atoms with E-state index in [0.717, 1.165) is 31.4 Å². The van der Waals surface area contributed by atoms with Gasteiger partial charge in [0.1, 0.15) is 17.2 Å². The summed E-state index contributed by atoms with van der Waals surface area (Å²) in [5.74, 6) is -2.09. The molecule has 1 fully saturated rings. The summed E-state index contributed by atoms with van der Waals surface area (Å²) in [4.78, 5) is 11.7. The Morgan fingerprint density at radius 1 is 1.33 bits per heavy atom. The van der Waals surface area contributed by atoms with Crippen molar-refractivity contribution in [2.45, 2.75) is 24.6 Å². The van der Waals surface area contributed by atoms with Crippen LogP contribution in [0.3, 0.4) is 0 Å². The summed E-state index contributed by atoms with van der Waals surface area (Å²) in [6, 6.07) is 3.38. The minimum Gasteiger partial charge on any atom is -0.352 e. The molecule has 0 spiro atoms. The molecule has 1 N–H and O–H groups in total. The van der Waals surface area contributed by atoms with Gasteiger partial charge >= 0.3 is 0 Å². The van der Waals surface area contributed by atoms with E-state index in [2.05, 4.69) is 5.32 Å². The second kappa shape index (κ2) is 5.65. The van der Waals surface area contributed by atoms with Crippen LogP contribution in [0.25, 0.3) is 0 Å². The lowest BCUT2D eigenvalue weighted by Crippen LogP contribution is -2.30. The fraction of sp³-hybridized carbons (Fsp3) is 0.462. The van der Waals surface area contributed by atoms with Crippen molar-refractivity contribution < 1.29 is 13.6 Å². The highest BCUT2D eigenvalue weighted by atomic mass is 35.5. The van der Waals surface area contributed by atoms with Crippen LogP contribution in [-0.2, 0) is 0 Å². The number of carbonyl (C=O) groups excluding carboxylic acids is 1. The van der Waals surface area contributed by atoms with Gasteiger partial charge in [0.25, 0.3) is 5.91 Å². The van der Waals surface area contributed by atoms with Gasteiger partial charge in [-0.3, -0.25) is 4.79 Å². The molecule has 2 rings (SSSR count). The summed E-state index contributed by atoms with van der Waals surface area (Å²) >= 11 is 5.96. The first-order valence-electron chi connectivity index (χ1n) is 5.94. The number of carbonyl (C=O) groups is 1. The Balaban J connectivity index is 1.96. The van der Waals surface area contributed by atoms with Crippen LogP contribution in [0.15, 0.2) is 18.2 Å². The van der Waals surface area contributed by atoms with Crippen molar-refractivity contribution in [2.75, 3.05) is 6.54 Å². The van der Waals surface area contributed by atoms with E-state index in [-0.39, 0.29) is 5.38 Å². The van der Waals surface area contributed by atoms with Crippen LogP contribution in [-0.4, -0.2) is 17.8 Å². The molecule has 1 amide bonds. The number of amides is 1. The molecule has 5 heteroatoms. The standard InChI is InChI=1S/C13H14ClF2NO/c14-9-5-4-8(6-9)7-17-13(18)12-10(15)2-1-3-11(12)16/h1-3,8-9H,4-7H2,(H,17,18). The van der Waals surface area contributed by atoms with E-state index >= 15 is 0 Å². The molecule has 1 aromatic carbocycles. The average molecular weight is 274 g/mol. The largest absolute Gasteiger partial charge is 0.352 e. The predicted octanol–water partition coefficient (Wildman–Crippen LogP) is 3.10. The van der Waals surface area contributed by atoms with Crippen LogP contribution in [0.1, 0.15) is 29.6 Å². The van der Waals surface area contributed by atoms with Crippen molar-refractivity contribution in [3.8, 4) is 0 Å². The van der Waals surface area contributed by atoms with Crippen LogP contribution in [0, 0.1) is 17.6 Å². The first kappa shape index (κ1) is 13.3. The van der Waals surface area contributed by atoms with Gasteiger partial charge in [-0.05, 0) is 37.3 Å². The normalized spacial score (nSPS) is 23.1. The Labute approximate surface area is 109 Å². The van der Waals surface area contributed by atoms with Gasteiger partial charge in [-0.2, -0.15) is 0 Å². The zero-order valence-corrected chi connectivity index (χ0v) is 10.5. The molecule has 1 saturated carbocycles. The van der Waals surface area contributed by atoms with E-state index in [4.69, 9.17) is 11.6 Å². The molecule has 2 nitrogen and oxygen atoms in total. The highest BCUT2D eigenvalue weighted by molar-refractivity contribution is 6.20. The number of hydrogen-bond acceptors (Lipinski definition) is 1. The molecule has 1 aliphatic carbocycles. The van der Waals surface area contributed by atoms with Crippen molar-refractivity contribution >= 4 is 17.5 Å². The summed E-state index contributed by atoms with van der Waals surface area (Å²) in [5.41, 5.74) is -0.516. The molecule has 98 valence electrons. The Morgan fingerprint density at radius 3 is 2.56 bits per heavy atom. The third-order valence-corrected chi connectivity index (χ3v) is 3.61. The Morgan fingerprint density at radius 2 is 2.00 bits per heavy atom. The lowest BCUT2D eigenvalue weighted by molar-refractivity contribution is 0.0939. The Kier molecular flexibility index (Phi) is 4.17. The molecule has 18 heavy (non-hydrogen) atoms. The number of rotatable bonds is 3. The predicted molar refractivity (Wildman–Crippen MR) is 65.7 cm³/mol. The minimum atomic E-state index is -0.839. The summed E-state index contributed by atoms with van der Waals surface area (Å²) < 4.78 is 26.7. The maximum Gasteiger partial charge on any atom is 0.257 e. The number of benzene rings is 1. The van der Waals surface area contributed by atoms with E-state index in [1.165, 1.54) is 6.07 Å². The van der Waals surface area contributed by atoms with Crippen LogP contribution < -0.4 is 5.32 Å². The number of hydrogen-bond donors (Lipinski definition) is 1. The van der Waals surface area contributed by atoms with E-state index in [1.807, 2.05) is 0 Å². The SMILES string of the molecule is O=C(NCC1CCC(Cl)C1)c1c(F)cccc1F. The molecule has 0 saturated heterocycles. The molecule has 1 aliphatic rings. The van der Waals surface area contributed by atoms with E-state index in [0.29, 0.717) is 12.5 Å². The van der Waals surface area contributed by atoms with E-state index < -0.39 is 23.1 Å². The average Bonchev–Trinajstić information content (AvgIpc) is 2.72. The van der Waals surface area contributed by atoms with Gasteiger partial charge in [0.2, 0.25) is 0 Å². The molecule has 0 bridgehead atoms. The molecule has 2 unspecified atom stereocenters. The highest BCUT2D eigenvalue weighted by Gasteiger charge is 2.24. The Bertz CT molecular complexity index is 432. The van der Waals surface area contributed by atoms with Gasteiger partial charge in [-0.25, -0.2) is 8.78 Å². The number of halogens is 3. The van der Waals surface area contributed by atoms with Crippen LogP contribution in [0.2, 0.25) is 0 Å². The lowest BCUT2D eigenvalue weighted by Gasteiger charge is -2.11. The van der Waals surface area contributed by atoms with Crippen LogP contribution in [0.5, 0.6) is 0 Å². The summed E-state index contributed by atoms with van der Waals surface area (Å²) in [6.07, 6.45) is 2.70. The topological polar surface area (TPSA) is 29.1 Å². The highest BCUT2D eigenvalue weighted by Crippen LogP contribution is 2.28. The van der Waals surface area contributed by atoms with Crippen molar-refractivity contribution in [1.29, 1.82) is 0 Å². The molecule has 0 heterocycles. The number of nitrogens with one attached hydrogen (secondary N) is 1. The van der Waals surface area contributed by atoms with Crippen molar-refractivity contribution in [3.63, 3.8) is 0 Å². The Hall–Kier alpha value is -1.16. The van der Waals surface area contributed by atoms with Gasteiger partial charge in [-0.15, -0.1) is 11.6 Å².